The summed E-state index contributed by atoms with van der Waals surface area (Å²) in [5.74, 6) is 0.585. The van der Waals surface area contributed by atoms with E-state index in [1.165, 1.54) is 16.7 Å². The van der Waals surface area contributed by atoms with E-state index in [1.54, 1.807) is 0 Å². The van der Waals surface area contributed by atoms with Crippen molar-refractivity contribution >= 4 is 43.6 Å². The van der Waals surface area contributed by atoms with Gasteiger partial charge in [-0.1, -0.05) is 188 Å². The standard InChI is InChI=1S/C60H39N5/c61-40-41-32-37-58-51(38-41)49-26-12-14-28-54(49)64(58)57-31-17-13-27-50(57)53-39-52(62-59(63-53)65-55-29-15-10-24-47(55)48-25-11-16-30-56(48)65)42-33-35-46(36-34-42)60(43-18-4-1-5-19-43,44-20-6-2-7-21-44)45-22-8-3-9-23-45/h1-39H. The molecule has 65 heavy (non-hydrogen) atoms. The maximum absolute atomic E-state index is 9.88. The summed E-state index contributed by atoms with van der Waals surface area (Å²) in [6, 6.07) is 85.7. The van der Waals surface area contributed by atoms with Crippen molar-refractivity contribution in [1.29, 1.82) is 5.26 Å². The fourth-order valence-electron chi connectivity index (χ4n) is 10.1. The molecule has 9 aromatic carbocycles. The zero-order chi connectivity index (χ0) is 43.3. The van der Waals surface area contributed by atoms with Crippen molar-refractivity contribution < 1.29 is 0 Å². The lowest BCUT2D eigenvalue weighted by Gasteiger charge is -2.37. The molecule has 0 aliphatic rings. The number of nitriles is 1. The number of para-hydroxylation sites is 4. The van der Waals surface area contributed by atoms with Crippen LogP contribution >= 0.6 is 0 Å². The summed E-state index contributed by atoms with van der Waals surface area (Å²) in [5, 5.41) is 14.3. The summed E-state index contributed by atoms with van der Waals surface area (Å²) in [7, 11) is 0. The molecule has 0 aliphatic carbocycles. The van der Waals surface area contributed by atoms with Crippen LogP contribution in [0.2, 0.25) is 0 Å². The molecule has 0 saturated heterocycles. The summed E-state index contributed by atoms with van der Waals surface area (Å²) < 4.78 is 4.50. The Morgan fingerprint density at radius 2 is 0.815 bits per heavy atom. The molecule has 0 saturated carbocycles. The minimum atomic E-state index is -0.581. The Balaban J connectivity index is 1.10. The Morgan fingerprint density at radius 3 is 1.38 bits per heavy atom. The molecule has 12 rings (SSSR count). The van der Waals surface area contributed by atoms with E-state index in [9.17, 15) is 5.26 Å². The molecular weight excluding hydrogens is 791 g/mol. The third-order valence-electron chi connectivity index (χ3n) is 13.0. The van der Waals surface area contributed by atoms with Crippen LogP contribution in [0.5, 0.6) is 0 Å². The smallest absolute Gasteiger partial charge is 0.235 e. The molecule has 0 N–H and O–H groups in total. The van der Waals surface area contributed by atoms with E-state index in [4.69, 9.17) is 9.97 Å². The summed E-state index contributed by atoms with van der Waals surface area (Å²) >= 11 is 0. The molecular formula is C60H39N5. The Bertz CT molecular complexity index is 3620. The summed E-state index contributed by atoms with van der Waals surface area (Å²) in [6.07, 6.45) is 0. The van der Waals surface area contributed by atoms with Gasteiger partial charge in [0.15, 0.2) is 0 Å². The molecule has 0 unspecified atom stereocenters. The molecule has 0 atom stereocenters. The number of aromatic nitrogens is 4. The highest BCUT2D eigenvalue weighted by Crippen LogP contribution is 2.46. The highest BCUT2D eigenvalue weighted by Gasteiger charge is 2.38. The second-order valence-corrected chi connectivity index (χ2v) is 16.4. The molecule has 0 amide bonds. The van der Waals surface area contributed by atoms with E-state index in [0.29, 0.717) is 11.5 Å². The van der Waals surface area contributed by atoms with Gasteiger partial charge in [-0.3, -0.25) is 4.57 Å². The van der Waals surface area contributed by atoms with Crippen LogP contribution < -0.4 is 0 Å². The predicted octanol–water partition coefficient (Wildman–Crippen LogP) is 14.3. The van der Waals surface area contributed by atoms with Gasteiger partial charge < -0.3 is 4.57 Å². The van der Waals surface area contributed by atoms with Crippen LogP contribution in [0.1, 0.15) is 27.8 Å². The monoisotopic (exact) mass is 829 g/mol. The predicted molar refractivity (Wildman–Crippen MR) is 265 cm³/mol. The molecule has 5 heteroatoms. The van der Waals surface area contributed by atoms with E-state index >= 15 is 0 Å². The molecule has 0 radical (unpaired) electrons. The molecule has 0 aliphatic heterocycles. The highest BCUT2D eigenvalue weighted by molar-refractivity contribution is 6.11. The maximum Gasteiger partial charge on any atom is 0.235 e. The maximum atomic E-state index is 9.88. The zero-order valence-electron chi connectivity index (χ0n) is 35.3. The normalized spacial score (nSPS) is 11.7. The summed E-state index contributed by atoms with van der Waals surface area (Å²) in [6.45, 7) is 0. The lowest BCUT2D eigenvalue weighted by atomic mass is 9.65. The minimum Gasteiger partial charge on any atom is -0.309 e. The summed E-state index contributed by atoms with van der Waals surface area (Å²) in [4.78, 5) is 11.0. The van der Waals surface area contributed by atoms with Gasteiger partial charge in [0.25, 0.3) is 0 Å². The van der Waals surface area contributed by atoms with Crippen LogP contribution in [0.15, 0.2) is 237 Å². The van der Waals surface area contributed by atoms with Gasteiger partial charge in [0.05, 0.1) is 56.2 Å². The van der Waals surface area contributed by atoms with Crippen molar-refractivity contribution in [1.82, 2.24) is 19.1 Å². The van der Waals surface area contributed by atoms with Crippen LogP contribution in [0.25, 0.3) is 77.8 Å². The van der Waals surface area contributed by atoms with Crippen LogP contribution in [0.3, 0.4) is 0 Å². The Labute approximate surface area is 376 Å². The van der Waals surface area contributed by atoms with Gasteiger partial charge in [-0.2, -0.15) is 5.26 Å². The first kappa shape index (κ1) is 37.9. The molecule has 12 aromatic rings. The molecule has 0 spiro atoms. The first-order valence-corrected chi connectivity index (χ1v) is 21.9. The number of rotatable bonds is 8. The number of fused-ring (bicyclic) bond motifs is 6. The highest BCUT2D eigenvalue weighted by atomic mass is 15.2. The van der Waals surface area contributed by atoms with E-state index < -0.39 is 5.41 Å². The Kier molecular flexibility index (Phi) is 9.03. The number of benzene rings is 9. The van der Waals surface area contributed by atoms with Crippen molar-refractivity contribution in [3.63, 3.8) is 0 Å². The third kappa shape index (κ3) is 6.07. The molecule has 0 fully saturated rings. The molecule has 3 aromatic heterocycles. The van der Waals surface area contributed by atoms with Gasteiger partial charge >= 0.3 is 0 Å². The van der Waals surface area contributed by atoms with E-state index in [1.807, 2.05) is 12.1 Å². The van der Waals surface area contributed by atoms with Gasteiger partial charge in [-0.15, -0.1) is 0 Å². The SMILES string of the molecule is N#Cc1ccc2c(c1)c1ccccc1n2-c1ccccc1-c1cc(-c2ccc(C(c3ccccc3)(c3ccccc3)c3ccccc3)cc2)nc(-n2c3ccccc3c3ccccc32)n1. The van der Waals surface area contributed by atoms with Gasteiger partial charge in [0.2, 0.25) is 5.95 Å². The number of nitrogens with zero attached hydrogens (tertiary/aromatic N) is 5. The molecule has 3 heterocycles. The first-order chi connectivity index (χ1) is 32.2. The molecule has 304 valence electrons. The second kappa shape index (κ2) is 15.5. The third-order valence-corrected chi connectivity index (χ3v) is 13.0. The van der Waals surface area contributed by atoms with Crippen molar-refractivity contribution in [2.75, 3.05) is 0 Å². The van der Waals surface area contributed by atoms with Crippen LogP contribution in [0, 0.1) is 11.3 Å². The average molecular weight is 830 g/mol. The van der Waals surface area contributed by atoms with Crippen LogP contribution in [-0.2, 0) is 5.41 Å². The van der Waals surface area contributed by atoms with Gasteiger partial charge in [-0.05, 0) is 70.8 Å². The van der Waals surface area contributed by atoms with E-state index in [0.717, 1.165) is 77.4 Å². The van der Waals surface area contributed by atoms with Crippen molar-refractivity contribution in [2.24, 2.45) is 0 Å². The molecule has 5 nitrogen and oxygen atoms in total. The fourth-order valence-corrected chi connectivity index (χ4v) is 10.1. The van der Waals surface area contributed by atoms with Crippen molar-refractivity contribution in [2.45, 2.75) is 5.41 Å². The van der Waals surface area contributed by atoms with E-state index in [-0.39, 0.29) is 0 Å². The average Bonchev–Trinajstić information content (AvgIpc) is 3.90. The lowest BCUT2D eigenvalue weighted by molar-refractivity contribution is 0.745. The Hall–Kier alpha value is -8.85. The first-order valence-electron chi connectivity index (χ1n) is 21.9. The minimum absolute atomic E-state index is 0.581. The zero-order valence-corrected chi connectivity index (χ0v) is 35.3. The number of hydrogen-bond donors (Lipinski definition) is 0. The van der Waals surface area contributed by atoms with Crippen LogP contribution in [-0.4, -0.2) is 19.1 Å². The number of hydrogen-bond acceptors (Lipinski definition) is 3. The van der Waals surface area contributed by atoms with Gasteiger partial charge in [0.1, 0.15) is 0 Å². The summed E-state index contributed by atoms with van der Waals surface area (Å²) in [5.41, 5.74) is 13.4. The second-order valence-electron chi connectivity index (χ2n) is 16.4. The van der Waals surface area contributed by atoms with Crippen molar-refractivity contribution in [3.05, 3.63) is 264 Å². The topological polar surface area (TPSA) is 59.4 Å². The van der Waals surface area contributed by atoms with Gasteiger partial charge in [0, 0.05) is 32.7 Å². The van der Waals surface area contributed by atoms with Crippen molar-refractivity contribution in [3.8, 4) is 40.2 Å². The quantitative estimate of drug-likeness (QED) is 0.143. The largest absolute Gasteiger partial charge is 0.309 e. The van der Waals surface area contributed by atoms with Crippen LogP contribution in [0.4, 0.5) is 0 Å². The molecule has 0 bridgehead atoms. The van der Waals surface area contributed by atoms with E-state index in [2.05, 4.69) is 240 Å². The lowest BCUT2D eigenvalue weighted by Crippen LogP contribution is -2.30. The van der Waals surface area contributed by atoms with Gasteiger partial charge in [-0.25, -0.2) is 9.97 Å². The Morgan fingerprint density at radius 1 is 0.369 bits per heavy atom. The fraction of sp³-hybridized carbons (Fsp3) is 0.0167.